The molecule has 31 heavy (non-hydrogen) atoms. The molecule has 9 nitrogen and oxygen atoms in total. The molecular weight excluding hydrogens is 406 g/mol. The Balaban J connectivity index is 2.85. The van der Waals surface area contributed by atoms with Crippen molar-refractivity contribution in [2.45, 2.75) is 53.5 Å². The van der Waals surface area contributed by atoms with E-state index in [9.17, 15) is 19.2 Å². The molecule has 0 unspecified atom stereocenters. The van der Waals surface area contributed by atoms with Crippen LogP contribution in [-0.2, 0) is 35.1 Å². The molecule has 0 spiro atoms. The molecule has 0 aliphatic heterocycles. The number of hydrogen-bond acceptors (Lipinski definition) is 9. The Morgan fingerprint density at radius 1 is 1.03 bits per heavy atom. The molecule has 1 aromatic rings. The molecule has 0 bridgehead atoms. The molecule has 1 atom stereocenters. The third-order valence-corrected chi connectivity index (χ3v) is 4.60. The van der Waals surface area contributed by atoms with Gasteiger partial charge in [-0.2, -0.15) is 0 Å². The Labute approximate surface area is 182 Å². The van der Waals surface area contributed by atoms with Crippen molar-refractivity contribution < 1.29 is 38.1 Å². The topological polar surface area (TPSA) is 117 Å². The van der Waals surface area contributed by atoms with E-state index in [-0.39, 0.29) is 37.0 Å². The van der Waals surface area contributed by atoms with Crippen LogP contribution in [0, 0.1) is 5.41 Å². The van der Waals surface area contributed by atoms with E-state index in [4.69, 9.17) is 18.9 Å². The maximum atomic E-state index is 12.2. The lowest BCUT2D eigenvalue weighted by Crippen LogP contribution is -2.41. The molecule has 9 heteroatoms. The van der Waals surface area contributed by atoms with Gasteiger partial charge in [-0.1, -0.05) is 13.0 Å². The van der Waals surface area contributed by atoms with E-state index in [1.165, 1.54) is 33.1 Å². The minimum atomic E-state index is -0.729. The SMILES string of the molecule is CCC(C)(C)C(=O)OCCN[C@@H](Cc1ccc(OC(C)=O)c(OC(C)=O)c1)C(=O)OC. The van der Waals surface area contributed by atoms with Gasteiger partial charge in [-0.25, -0.2) is 0 Å². The van der Waals surface area contributed by atoms with Crippen LogP contribution in [0.3, 0.4) is 0 Å². The Hall–Kier alpha value is -2.94. The lowest BCUT2D eigenvalue weighted by molar-refractivity contribution is -0.154. The van der Waals surface area contributed by atoms with Crippen molar-refractivity contribution in [3.8, 4) is 11.5 Å². The highest BCUT2D eigenvalue weighted by atomic mass is 16.6. The molecule has 0 radical (unpaired) electrons. The molecule has 0 saturated carbocycles. The van der Waals surface area contributed by atoms with Gasteiger partial charge in [0.1, 0.15) is 12.6 Å². The second-order valence-electron chi connectivity index (χ2n) is 7.58. The Morgan fingerprint density at radius 2 is 1.65 bits per heavy atom. The molecule has 0 fully saturated rings. The van der Waals surface area contributed by atoms with Crippen molar-refractivity contribution in [3.63, 3.8) is 0 Å². The monoisotopic (exact) mass is 437 g/mol. The molecule has 0 aliphatic carbocycles. The van der Waals surface area contributed by atoms with Crippen LogP contribution in [0.4, 0.5) is 0 Å². The average Bonchev–Trinajstić information content (AvgIpc) is 2.70. The minimum Gasteiger partial charge on any atom is -0.468 e. The lowest BCUT2D eigenvalue weighted by Gasteiger charge is -2.21. The van der Waals surface area contributed by atoms with Crippen LogP contribution in [0.15, 0.2) is 18.2 Å². The van der Waals surface area contributed by atoms with Crippen molar-refractivity contribution in [1.29, 1.82) is 0 Å². The van der Waals surface area contributed by atoms with Crippen molar-refractivity contribution >= 4 is 23.9 Å². The fourth-order valence-corrected chi connectivity index (χ4v) is 2.49. The van der Waals surface area contributed by atoms with Crippen LogP contribution in [0.1, 0.15) is 46.6 Å². The zero-order chi connectivity index (χ0) is 23.6. The third kappa shape index (κ3) is 8.75. The first-order chi connectivity index (χ1) is 14.5. The first kappa shape index (κ1) is 26.1. The summed E-state index contributed by atoms with van der Waals surface area (Å²) in [6.45, 7) is 8.32. The predicted molar refractivity (Wildman–Crippen MR) is 112 cm³/mol. The van der Waals surface area contributed by atoms with E-state index in [1.807, 2.05) is 6.92 Å². The van der Waals surface area contributed by atoms with Gasteiger partial charge in [0.15, 0.2) is 11.5 Å². The van der Waals surface area contributed by atoms with Crippen molar-refractivity contribution in [1.82, 2.24) is 5.32 Å². The summed E-state index contributed by atoms with van der Waals surface area (Å²) in [7, 11) is 1.27. The fraction of sp³-hybridized carbons (Fsp3) is 0.545. The molecular formula is C22H31NO8. The number of carbonyl (C=O) groups excluding carboxylic acids is 4. The molecule has 0 saturated heterocycles. The summed E-state index contributed by atoms with van der Waals surface area (Å²) >= 11 is 0. The van der Waals surface area contributed by atoms with E-state index in [2.05, 4.69) is 5.32 Å². The standard InChI is InChI=1S/C22H31NO8/c1-7-22(4,5)21(27)29-11-10-23-17(20(26)28-6)12-16-8-9-18(30-14(2)24)19(13-16)31-15(3)25/h8-9,13,17,23H,7,10-12H2,1-6H3/t17-/m0/s1. The number of hydrogen-bond donors (Lipinski definition) is 1. The molecule has 0 amide bonds. The lowest BCUT2D eigenvalue weighted by atomic mass is 9.91. The maximum Gasteiger partial charge on any atom is 0.323 e. The number of rotatable bonds is 11. The number of carbonyl (C=O) groups is 4. The Kier molecular flexibility index (Phi) is 10.1. The van der Waals surface area contributed by atoms with Crippen molar-refractivity contribution in [3.05, 3.63) is 23.8 Å². The van der Waals surface area contributed by atoms with Crippen LogP contribution in [0.5, 0.6) is 11.5 Å². The highest BCUT2D eigenvalue weighted by Gasteiger charge is 2.27. The number of methoxy groups -OCH3 is 1. The van der Waals surface area contributed by atoms with E-state index in [0.29, 0.717) is 12.0 Å². The van der Waals surface area contributed by atoms with E-state index < -0.39 is 29.4 Å². The normalized spacial score (nSPS) is 11.9. The molecule has 1 rings (SSSR count). The Morgan fingerprint density at radius 3 is 2.19 bits per heavy atom. The highest BCUT2D eigenvalue weighted by Crippen LogP contribution is 2.29. The second-order valence-corrected chi connectivity index (χ2v) is 7.58. The third-order valence-electron chi connectivity index (χ3n) is 4.60. The molecule has 0 heterocycles. The van der Waals surface area contributed by atoms with E-state index >= 15 is 0 Å². The fourth-order valence-electron chi connectivity index (χ4n) is 2.49. The van der Waals surface area contributed by atoms with Crippen molar-refractivity contribution in [2.75, 3.05) is 20.3 Å². The molecule has 172 valence electrons. The summed E-state index contributed by atoms with van der Waals surface area (Å²) in [6, 6.07) is 3.92. The van der Waals surface area contributed by atoms with Gasteiger partial charge >= 0.3 is 23.9 Å². The van der Waals surface area contributed by atoms with Crippen LogP contribution < -0.4 is 14.8 Å². The summed E-state index contributed by atoms with van der Waals surface area (Å²) in [5.74, 6) is -1.78. The van der Waals surface area contributed by atoms with Gasteiger partial charge in [-0.15, -0.1) is 0 Å². The summed E-state index contributed by atoms with van der Waals surface area (Å²) in [5, 5.41) is 3.01. The van der Waals surface area contributed by atoms with Crippen LogP contribution in [0.2, 0.25) is 0 Å². The van der Waals surface area contributed by atoms with Crippen molar-refractivity contribution in [2.24, 2.45) is 5.41 Å². The quantitative estimate of drug-likeness (QED) is 0.316. The number of esters is 4. The van der Waals surface area contributed by atoms with Gasteiger partial charge in [-0.3, -0.25) is 19.2 Å². The van der Waals surface area contributed by atoms with Crippen LogP contribution in [-0.4, -0.2) is 50.2 Å². The van der Waals surface area contributed by atoms with Gasteiger partial charge in [0.05, 0.1) is 12.5 Å². The largest absolute Gasteiger partial charge is 0.468 e. The Bertz CT molecular complexity index is 803. The highest BCUT2D eigenvalue weighted by molar-refractivity contribution is 5.77. The number of nitrogens with one attached hydrogen (secondary N) is 1. The first-order valence-corrected chi connectivity index (χ1v) is 9.98. The molecule has 0 aliphatic rings. The van der Waals surface area contributed by atoms with Gasteiger partial charge in [0.25, 0.3) is 0 Å². The summed E-state index contributed by atoms with van der Waals surface area (Å²) in [4.78, 5) is 46.8. The van der Waals surface area contributed by atoms with Gasteiger partial charge in [-0.05, 0) is 44.4 Å². The van der Waals surface area contributed by atoms with Gasteiger partial charge in [0, 0.05) is 20.4 Å². The number of ether oxygens (including phenoxy) is 4. The maximum absolute atomic E-state index is 12.2. The van der Waals surface area contributed by atoms with Gasteiger partial charge in [0.2, 0.25) is 0 Å². The van der Waals surface area contributed by atoms with E-state index in [1.54, 1.807) is 19.9 Å². The second kappa shape index (κ2) is 12.0. The van der Waals surface area contributed by atoms with Crippen LogP contribution in [0.25, 0.3) is 0 Å². The van der Waals surface area contributed by atoms with Gasteiger partial charge < -0.3 is 24.3 Å². The zero-order valence-electron chi connectivity index (χ0n) is 18.9. The first-order valence-electron chi connectivity index (χ1n) is 9.98. The number of benzene rings is 1. The van der Waals surface area contributed by atoms with Crippen LogP contribution >= 0.6 is 0 Å². The average molecular weight is 437 g/mol. The summed E-state index contributed by atoms with van der Waals surface area (Å²) < 4.78 is 20.3. The summed E-state index contributed by atoms with van der Waals surface area (Å²) in [5.41, 5.74) is 0.0672. The summed E-state index contributed by atoms with van der Waals surface area (Å²) in [6.07, 6.45) is 0.855. The molecule has 0 aromatic heterocycles. The minimum absolute atomic E-state index is 0.0690. The molecule has 1 aromatic carbocycles. The predicted octanol–water partition coefficient (Wildman–Crippen LogP) is 2.19. The zero-order valence-corrected chi connectivity index (χ0v) is 18.9. The smallest absolute Gasteiger partial charge is 0.323 e. The van der Waals surface area contributed by atoms with E-state index in [0.717, 1.165) is 0 Å². The molecule has 1 N–H and O–H groups in total.